The first-order valence-corrected chi connectivity index (χ1v) is 18.9. The van der Waals surface area contributed by atoms with E-state index in [-0.39, 0.29) is 28.9 Å². The predicted octanol–water partition coefficient (Wildman–Crippen LogP) is 11.7. The van der Waals surface area contributed by atoms with Crippen LogP contribution in [0.25, 0.3) is 0 Å². The molecule has 0 amide bonds. The molecule has 3 N–H and O–H groups in total. The molecule has 0 spiro atoms. The molecule has 15 heteroatoms. The minimum atomic E-state index is -6.87. The summed E-state index contributed by atoms with van der Waals surface area (Å²) in [6.07, 6.45) is 0.387. The van der Waals surface area contributed by atoms with Gasteiger partial charge in [0.15, 0.2) is 0 Å². The van der Waals surface area contributed by atoms with E-state index in [0.29, 0.717) is 11.5 Å². The van der Waals surface area contributed by atoms with Crippen LogP contribution >= 0.6 is 0 Å². The van der Waals surface area contributed by atoms with Gasteiger partial charge in [0, 0.05) is 40.3 Å². The topological polar surface area (TPSA) is 85.4 Å². The summed E-state index contributed by atoms with van der Waals surface area (Å²) in [5, 5.41) is 29.8. The second-order valence-corrected chi connectivity index (χ2v) is 14.0. The van der Waals surface area contributed by atoms with Crippen molar-refractivity contribution in [3.05, 3.63) is 57.6 Å². The van der Waals surface area contributed by atoms with Crippen LogP contribution in [0.3, 0.4) is 0 Å². The zero-order valence-electron chi connectivity index (χ0n) is 31.9. The first-order valence-electron chi connectivity index (χ1n) is 18.9. The Labute approximate surface area is 329 Å². The Balaban J connectivity index is 0.000000857. The van der Waals surface area contributed by atoms with Crippen LogP contribution in [-0.4, -0.2) is 64.0 Å². The number of hydrogen-bond acceptors (Lipinski definition) is 5. The number of rotatable bonds is 16. The molecule has 0 heterocycles. The Morgan fingerprint density at radius 3 is 1.15 bits per heavy atom. The van der Waals surface area contributed by atoms with Gasteiger partial charge in [-0.2, -0.15) is 39.5 Å². The van der Waals surface area contributed by atoms with Crippen molar-refractivity contribution >= 4 is 12.4 Å². The molecular weight excluding hydrogens is 786 g/mol. The molecule has 55 heavy (non-hydrogen) atoms. The molecule has 0 aromatic heterocycles. The number of halogens is 9. The third-order valence-electron chi connectivity index (χ3n) is 9.53. The summed E-state index contributed by atoms with van der Waals surface area (Å²) in [5.41, 5.74) is -0.317. The molecule has 1 aliphatic carbocycles. The van der Waals surface area contributed by atoms with Gasteiger partial charge >= 0.3 is 24.1 Å². The smallest absolute Gasteiger partial charge is 0.435 e. The number of phenols is 2. The summed E-state index contributed by atoms with van der Waals surface area (Å²) in [5.74, 6) is 0.781. The molecule has 1 fully saturated rings. The Kier molecular flexibility index (Phi) is 20.9. The fourth-order valence-electron chi connectivity index (χ4n) is 6.21. The summed E-state index contributed by atoms with van der Waals surface area (Å²) < 4.78 is 103. The molecular formula is C40H55CoF9N2O3. The first-order chi connectivity index (χ1) is 25.2. The number of aryl methyl sites for hydroxylation is 4. The van der Waals surface area contributed by atoms with Crippen molar-refractivity contribution in [1.82, 2.24) is 0 Å². The van der Waals surface area contributed by atoms with Crippen molar-refractivity contribution in [3.63, 3.8) is 0 Å². The van der Waals surface area contributed by atoms with Gasteiger partial charge in [-0.3, -0.25) is 9.98 Å². The Morgan fingerprint density at radius 2 is 0.873 bits per heavy atom. The fourth-order valence-corrected chi connectivity index (χ4v) is 6.21. The van der Waals surface area contributed by atoms with Gasteiger partial charge in [-0.1, -0.05) is 78.4 Å². The third-order valence-corrected chi connectivity index (χ3v) is 9.53. The molecule has 0 aliphatic heterocycles. The molecule has 0 unspecified atom stereocenters. The van der Waals surface area contributed by atoms with Crippen LogP contribution in [0, 0.1) is 0 Å². The zero-order chi connectivity index (χ0) is 40.7. The van der Waals surface area contributed by atoms with Crippen LogP contribution in [0.5, 0.6) is 11.5 Å². The Bertz CT molecular complexity index is 1390. The van der Waals surface area contributed by atoms with E-state index in [0.717, 1.165) is 125 Å². The fraction of sp³-hybridized carbons (Fsp3) is 0.650. The summed E-state index contributed by atoms with van der Waals surface area (Å²) in [7, 11) is 0. The van der Waals surface area contributed by atoms with Crippen LogP contribution in [0.4, 0.5) is 39.5 Å². The number of alkyl halides is 9. The number of aliphatic imine (C=N–C) groups is 2. The van der Waals surface area contributed by atoms with Gasteiger partial charge in [0.1, 0.15) is 11.5 Å². The monoisotopic (exact) mass is 841 g/mol. The number of benzene rings is 2. The summed E-state index contributed by atoms with van der Waals surface area (Å²) >= 11 is 0. The molecule has 1 radical (unpaired) electrons. The number of hydrogen-bond donors (Lipinski definition) is 3. The van der Waals surface area contributed by atoms with E-state index in [1.165, 1.54) is 11.1 Å². The number of aliphatic hydroxyl groups is 1. The quantitative estimate of drug-likeness (QED) is 0.116. The summed E-state index contributed by atoms with van der Waals surface area (Å²) in [6, 6.07) is 8.83. The van der Waals surface area contributed by atoms with Crippen molar-refractivity contribution < 1.29 is 71.6 Å². The SMILES string of the molecule is CCCCc1cc(C=N[C@@H]2CCCC[C@H]2N=Cc2cc(CCCC)cc(CCCC)c2O)c(O)c(CCCC)c1.OC(C(F)(F)F)(C(F)(F)F)C(F)(F)F.[Co]. The largest absolute Gasteiger partial charge is 0.507 e. The average Bonchev–Trinajstić information content (AvgIpc) is 3.10. The van der Waals surface area contributed by atoms with Crippen molar-refractivity contribution in [1.29, 1.82) is 0 Å². The molecule has 1 aliphatic rings. The van der Waals surface area contributed by atoms with E-state index in [9.17, 15) is 49.7 Å². The van der Waals surface area contributed by atoms with Crippen molar-refractivity contribution in [2.24, 2.45) is 9.98 Å². The average molecular weight is 842 g/mol. The van der Waals surface area contributed by atoms with Crippen molar-refractivity contribution in [2.45, 2.75) is 167 Å². The maximum atomic E-state index is 11.4. The third kappa shape index (κ3) is 14.3. The second-order valence-electron chi connectivity index (χ2n) is 14.0. The van der Waals surface area contributed by atoms with E-state index in [1.54, 1.807) is 0 Å². The van der Waals surface area contributed by atoms with Gasteiger partial charge in [-0.15, -0.1) is 0 Å². The van der Waals surface area contributed by atoms with E-state index in [4.69, 9.17) is 15.1 Å². The molecule has 1 saturated carbocycles. The molecule has 2 atom stereocenters. The van der Waals surface area contributed by atoms with E-state index < -0.39 is 24.1 Å². The van der Waals surface area contributed by atoms with Gasteiger partial charge in [-0.25, -0.2) is 0 Å². The molecule has 0 saturated heterocycles. The molecule has 0 bridgehead atoms. The minimum Gasteiger partial charge on any atom is -0.507 e. The standard InChI is InChI=1S/C36H54N2O2.C4HF9O.Co/c1-5-9-15-27-21-29(17-11-7-3)35(39)31(23-27)25-37-33-19-13-14-20-34(33)38-26-32-24-28(16-10-6-2)22-30(36(32)40)18-12-8-4;5-2(6,7)1(14,3(8,9)10)4(11,12)13;/h21-26,33-34,39-40H,5-20H2,1-4H3;14H;/t33-,34-;;/m1../s1. The summed E-state index contributed by atoms with van der Waals surface area (Å²) in [4.78, 5) is 10.1. The molecule has 2 aromatic carbocycles. The second kappa shape index (κ2) is 22.8. The van der Waals surface area contributed by atoms with Crippen molar-refractivity contribution in [3.8, 4) is 11.5 Å². The number of phenolic OH excluding ortho intramolecular Hbond substituents is 2. The number of aromatic hydroxyl groups is 2. The normalized spacial score (nSPS) is 17.0. The number of nitrogens with zero attached hydrogens (tertiary/aromatic N) is 2. The van der Waals surface area contributed by atoms with Gasteiger partial charge in [0.2, 0.25) is 0 Å². The minimum absolute atomic E-state index is 0. The van der Waals surface area contributed by atoms with Crippen LogP contribution < -0.4 is 0 Å². The molecule has 2 aromatic rings. The Hall–Kier alpha value is -2.78. The van der Waals surface area contributed by atoms with Crippen LogP contribution in [0.1, 0.15) is 138 Å². The van der Waals surface area contributed by atoms with E-state index in [2.05, 4.69) is 52.0 Å². The van der Waals surface area contributed by atoms with Gasteiger partial charge in [-0.05, 0) is 98.6 Å². The first kappa shape index (κ1) is 50.2. The van der Waals surface area contributed by atoms with Crippen molar-refractivity contribution in [2.75, 3.05) is 0 Å². The Morgan fingerprint density at radius 1 is 0.564 bits per heavy atom. The number of unbranched alkanes of at least 4 members (excludes halogenated alkanes) is 4. The maximum Gasteiger partial charge on any atom is 0.435 e. The van der Waals surface area contributed by atoms with Gasteiger partial charge in [0.05, 0.1) is 12.1 Å². The predicted molar refractivity (Wildman–Crippen MR) is 195 cm³/mol. The maximum absolute atomic E-state index is 11.4. The van der Waals surface area contributed by atoms with E-state index >= 15 is 0 Å². The van der Waals surface area contributed by atoms with Crippen LogP contribution in [0.2, 0.25) is 0 Å². The van der Waals surface area contributed by atoms with E-state index in [1.807, 2.05) is 12.4 Å². The van der Waals surface area contributed by atoms with Gasteiger partial charge in [0.25, 0.3) is 0 Å². The molecule has 3 rings (SSSR count). The van der Waals surface area contributed by atoms with Crippen LogP contribution in [0.15, 0.2) is 34.3 Å². The molecule has 315 valence electrons. The molecule has 5 nitrogen and oxygen atoms in total. The summed E-state index contributed by atoms with van der Waals surface area (Å²) in [6.45, 7) is 8.82. The van der Waals surface area contributed by atoms with Gasteiger partial charge < -0.3 is 15.3 Å². The van der Waals surface area contributed by atoms with Crippen LogP contribution in [-0.2, 0) is 42.5 Å². The zero-order valence-corrected chi connectivity index (χ0v) is 32.9.